The highest BCUT2D eigenvalue weighted by atomic mass is 32.2. The van der Waals surface area contributed by atoms with Crippen molar-refractivity contribution in [2.45, 2.75) is 4.90 Å². The summed E-state index contributed by atoms with van der Waals surface area (Å²) in [5, 5.41) is 22.5. The van der Waals surface area contributed by atoms with E-state index in [1.54, 1.807) is 12.1 Å². The first kappa shape index (κ1) is 21.8. The van der Waals surface area contributed by atoms with E-state index in [2.05, 4.69) is 0 Å². The Morgan fingerprint density at radius 1 is 0.906 bits per heavy atom. The normalized spacial score (nSPS) is 15.1. The van der Waals surface area contributed by atoms with Crippen molar-refractivity contribution in [3.05, 3.63) is 73.6 Å². The van der Waals surface area contributed by atoms with Crippen LogP contribution >= 0.6 is 11.3 Å². The van der Waals surface area contributed by atoms with E-state index in [9.17, 15) is 33.4 Å². The van der Waals surface area contributed by atoms with Gasteiger partial charge in [0.2, 0.25) is 10.0 Å². The van der Waals surface area contributed by atoms with Crippen molar-refractivity contribution in [1.82, 2.24) is 9.21 Å². The largest absolute Gasteiger partial charge is 0.335 e. The van der Waals surface area contributed by atoms with Crippen LogP contribution in [0.5, 0.6) is 0 Å². The molecule has 0 aliphatic carbocycles. The number of thiophene rings is 1. The Morgan fingerprint density at radius 3 is 2.22 bits per heavy atom. The lowest BCUT2D eigenvalue weighted by atomic mass is 10.2. The third-order valence-electron chi connectivity index (χ3n) is 5.11. The second kappa shape index (κ2) is 8.26. The van der Waals surface area contributed by atoms with Crippen molar-refractivity contribution in [1.29, 1.82) is 0 Å². The van der Waals surface area contributed by atoms with Crippen LogP contribution < -0.4 is 0 Å². The van der Waals surface area contributed by atoms with Gasteiger partial charge in [-0.05, 0) is 18.2 Å². The fourth-order valence-corrected chi connectivity index (χ4v) is 5.92. The predicted octanol–water partition coefficient (Wildman–Crippen LogP) is 2.86. The Morgan fingerprint density at radius 2 is 1.56 bits per heavy atom. The molecular formula is C19H16N4O7S2. The minimum atomic E-state index is -3.94. The molecule has 0 N–H and O–H groups in total. The number of rotatable bonds is 5. The minimum Gasteiger partial charge on any atom is -0.335 e. The number of carbonyl (C=O) groups excluding carboxylic acids is 1. The summed E-state index contributed by atoms with van der Waals surface area (Å²) in [6.07, 6.45) is 0. The lowest BCUT2D eigenvalue weighted by Crippen LogP contribution is -2.50. The number of benzene rings is 2. The van der Waals surface area contributed by atoms with Crippen molar-refractivity contribution in [3.8, 4) is 0 Å². The van der Waals surface area contributed by atoms with Gasteiger partial charge in [-0.3, -0.25) is 25.0 Å². The van der Waals surface area contributed by atoms with Crippen molar-refractivity contribution >= 4 is 48.7 Å². The summed E-state index contributed by atoms with van der Waals surface area (Å²) in [6, 6.07) is 10.8. The van der Waals surface area contributed by atoms with Crippen LogP contribution in [0.4, 0.5) is 11.4 Å². The summed E-state index contributed by atoms with van der Waals surface area (Å²) in [5.74, 6) is -0.277. The van der Waals surface area contributed by atoms with Gasteiger partial charge in [0, 0.05) is 60.5 Å². The maximum absolute atomic E-state index is 12.9. The Kier molecular flexibility index (Phi) is 5.62. The molecular weight excluding hydrogens is 460 g/mol. The number of nitrogens with zero attached hydrogens (tertiary/aromatic N) is 4. The lowest BCUT2D eigenvalue weighted by Gasteiger charge is -2.33. The van der Waals surface area contributed by atoms with Crippen LogP contribution in [-0.2, 0) is 10.0 Å². The smallest absolute Gasteiger partial charge is 0.270 e. The number of hydrogen-bond acceptors (Lipinski definition) is 8. The molecule has 166 valence electrons. The summed E-state index contributed by atoms with van der Waals surface area (Å²) in [5.41, 5.74) is -0.376. The molecule has 1 aliphatic rings. The van der Waals surface area contributed by atoms with Gasteiger partial charge < -0.3 is 4.90 Å². The molecule has 13 heteroatoms. The third-order valence-corrected chi connectivity index (χ3v) is 8.11. The summed E-state index contributed by atoms with van der Waals surface area (Å²) in [6.45, 7) is 0.406. The van der Waals surface area contributed by atoms with E-state index in [0.29, 0.717) is 10.3 Å². The number of carbonyl (C=O) groups is 1. The second-order valence-electron chi connectivity index (χ2n) is 7.04. The van der Waals surface area contributed by atoms with Crippen LogP contribution in [0.25, 0.3) is 10.1 Å². The first-order valence-corrected chi connectivity index (χ1v) is 11.6. The molecule has 4 rings (SSSR count). The zero-order valence-corrected chi connectivity index (χ0v) is 18.0. The highest BCUT2D eigenvalue weighted by Gasteiger charge is 2.31. The minimum absolute atomic E-state index is 0.0487. The monoisotopic (exact) mass is 476 g/mol. The van der Waals surface area contributed by atoms with Crippen molar-refractivity contribution < 1.29 is 23.1 Å². The number of nitro groups is 2. The maximum atomic E-state index is 12.9. The molecule has 1 amide bonds. The van der Waals surface area contributed by atoms with Gasteiger partial charge in [0.25, 0.3) is 17.3 Å². The molecule has 2 heterocycles. The maximum Gasteiger partial charge on any atom is 0.270 e. The molecule has 0 atom stereocenters. The molecule has 0 radical (unpaired) electrons. The van der Waals surface area contributed by atoms with E-state index in [-0.39, 0.29) is 48.4 Å². The average molecular weight is 476 g/mol. The zero-order chi connectivity index (χ0) is 23.0. The highest BCUT2D eigenvalue weighted by molar-refractivity contribution is 7.89. The Bertz CT molecular complexity index is 1340. The van der Waals surface area contributed by atoms with Crippen LogP contribution in [0, 0.1) is 20.2 Å². The Labute approximate surface area is 185 Å². The van der Waals surface area contributed by atoms with Gasteiger partial charge in [-0.2, -0.15) is 4.31 Å². The van der Waals surface area contributed by atoms with E-state index >= 15 is 0 Å². The van der Waals surface area contributed by atoms with Crippen LogP contribution in [0.3, 0.4) is 0 Å². The summed E-state index contributed by atoms with van der Waals surface area (Å²) in [4.78, 5) is 35.4. The molecule has 1 aromatic heterocycles. The fraction of sp³-hybridized carbons (Fsp3) is 0.211. The van der Waals surface area contributed by atoms with E-state index in [1.807, 2.05) is 0 Å². The van der Waals surface area contributed by atoms with E-state index in [1.165, 1.54) is 50.9 Å². The lowest BCUT2D eigenvalue weighted by molar-refractivity contribution is -0.385. The molecule has 11 nitrogen and oxygen atoms in total. The van der Waals surface area contributed by atoms with Gasteiger partial charge in [-0.1, -0.05) is 6.07 Å². The van der Waals surface area contributed by atoms with Crippen molar-refractivity contribution in [3.63, 3.8) is 0 Å². The van der Waals surface area contributed by atoms with Gasteiger partial charge in [-0.25, -0.2) is 8.42 Å². The molecule has 1 fully saturated rings. The second-order valence-corrected chi connectivity index (χ2v) is 10.1. The number of sulfonamides is 1. The quantitative estimate of drug-likeness (QED) is 0.407. The summed E-state index contributed by atoms with van der Waals surface area (Å²) < 4.78 is 27.7. The molecule has 3 aromatic rings. The summed E-state index contributed by atoms with van der Waals surface area (Å²) in [7, 11) is -3.94. The molecule has 0 saturated carbocycles. The van der Waals surface area contributed by atoms with Gasteiger partial charge in [-0.15, -0.1) is 11.3 Å². The summed E-state index contributed by atoms with van der Waals surface area (Å²) >= 11 is 1.22. The van der Waals surface area contributed by atoms with Crippen LogP contribution in [0.2, 0.25) is 0 Å². The van der Waals surface area contributed by atoms with Crippen molar-refractivity contribution in [2.75, 3.05) is 26.2 Å². The first-order valence-electron chi connectivity index (χ1n) is 9.39. The average Bonchev–Trinajstić information content (AvgIpc) is 3.22. The standard InChI is InChI=1S/C19H16N4O7S2/c24-19(18-11-13-10-15(23(27)28)4-5-17(13)31-18)20-6-8-21(9-7-20)32(29,30)16-3-1-2-14(12-16)22(25)26/h1-5,10-12H,6-9H2. The first-order chi connectivity index (χ1) is 15.2. The predicted molar refractivity (Wildman–Crippen MR) is 116 cm³/mol. The van der Waals surface area contributed by atoms with Gasteiger partial charge in [0.1, 0.15) is 0 Å². The Balaban J connectivity index is 1.48. The van der Waals surface area contributed by atoms with E-state index in [4.69, 9.17) is 0 Å². The third kappa shape index (κ3) is 4.04. The molecule has 0 bridgehead atoms. The van der Waals surface area contributed by atoms with Crippen molar-refractivity contribution in [2.24, 2.45) is 0 Å². The molecule has 1 saturated heterocycles. The van der Waals surface area contributed by atoms with E-state index in [0.717, 1.165) is 10.8 Å². The highest BCUT2D eigenvalue weighted by Crippen LogP contribution is 2.30. The van der Waals surface area contributed by atoms with Gasteiger partial charge >= 0.3 is 0 Å². The topological polar surface area (TPSA) is 144 Å². The van der Waals surface area contributed by atoms with E-state index < -0.39 is 19.9 Å². The molecule has 1 aliphatic heterocycles. The van der Waals surface area contributed by atoms with Gasteiger partial charge in [0.15, 0.2) is 0 Å². The van der Waals surface area contributed by atoms with Gasteiger partial charge in [0.05, 0.1) is 19.6 Å². The number of fused-ring (bicyclic) bond motifs is 1. The molecule has 2 aromatic carbocycles. The van der Waals surface area contributed by atoms with Crippen LogP contribution in [-0.4, -0.2) is 59.6 Å². The zero-order valence-electron chi connectivity index (χ0n) is 16.4. The van der Waals surface area contributed by atoms with Crippen LogP contribution in [0.15, 0.2) is 53.4 Å². The fourth-order valence-electron chi connectivity index (χ4n) is 3.44. The number of nitro benzene ring substituents is 2. The molecule has 0 unspecified atom stereocenters. The Hall–Kier alpha value is -3.42. The number of non-ortho nitro benzene ring substituents is 2. The van der Waals surface area contributed by atoms with Crippen LogP contribution in [0.1, 0.15) is 9.67 Å². The molecule has 32 heavy (non-hydrogen) atoms. The number of piperazine rings is 1. The number of amides is 1. The molecule has 0 spiro atoms. The SMILES string of the molecule is O=C(c1cc2cc([N+](=O)[O-])ccc2s1)N1CCN(S(=O)(=O)c2cccc([N+](=O)[O-])c2)CC1. The number of hydrogen-bond donors (Lipinski definition) is 0.